The molecule has 21 heavy (non-hydrogen) atoms. The van der Waals surface area contributed by atoms with E-state index in [1.807, 2.05) is 36.0 Å². The van der Waals surface area contributed by atoms with Gasteiger partial charge in [0.2, 0.25) is 0 Å². The van der Waals surface area contributed by atoms with Gasteiger partial charge >= 0.3 is 6.03 Å². The highest BCUT2D eigenvalue weighted by molar-refractivity contribution is 5.94. The number of likely N-dealkylation sites (N-methyl/N-ethyl adjacent to an activating group) is 1. The van der Waals surface area contributed by atoms with Crippen LogP contribution in [0, 0.1) is 5.92 Å². The number of rotatable bonds is 4. The van der Waals surface area contributed by atoms with Gasteiger partial charge in [-0.05, 0) is 37.4 Å². The molecule has 2 amide bonds. The van der Waals surface area contributed by atoms with Gasteiger partial charge in [-0.15, -0.1) is 0 Å². The predicted octanol–water partition coefficient (Wildman–Crippen LogP) is 2.84. The second-order valence-corrected chi connectivity index (χ2v) is 6.32. The third-order valence-corrected chi connectivity index (χ3v) is 4.97. The Labute approximate surface area is 127 Å². The Morgan fingerprint density at radius 1 is 1.29 bits per heavy atom. The molecule has 1 unspecified atom stereocenters. The van der Waals surface area contributed by atoms with Crippen molar-refractivity contribution in [2.45, 2.75) is 38.3 Å². The van der Waals surface area contributed by atoms with Gasteiger partial charge in [-0.3, -0.25) is 4.90 Å². The number of nitrogens with one attached hydrogen (secondary N) is 1. The van der Waals surface area contributed by atoms with Crippen LogP contribution in [0.15, 0.2) is 24.3 Å². The van der Waals surface area contributed by atoms with Gasteiger partial charge in [0.05, 0.1) is 5.69 Å². The monoisotopic (exact) mass is 287 g/mol. The summed E-state index contributed by atoms with van der Waals surface area (Å²) in [5.41, 5.74) is 2.32. The first-order valence-electron chi connectivity index (χ1n) is 7.98. The summed E-state index contributed by atoms with van der Waals surface area (Å²) >= 11 is 0. The summed E-state index contributed by atoms with van der Waals surface area (Å²) in [7, 11) is 3.91. The van der Waals surface area contributed by atoms with E-state index in [1.165, 1.54) is 31.2 Å². The summed E-state index contributed by atoms with van der Waals surface area (Å²) in [5.74, 6) is 0.696. The van der Waals surface area contributed by atoms with Crippen molar-refractivity contribution in [2.75, 3.05) is 25.5 Å². The number of urea groups is 1. The number of carbonyl (C=O) groups is 1. The predicted molar refractivity (Wildman–Crippen MR) is 85.5 cm³/mol. The molecule has 1 N–H and O–H groups in total. The molecule has 0 radical (unpaired) electrons. The molecule has 1 saturated carbocycles. The van der Waals surface area contributed by atoms with Gasteiger partial charge in [0.25, 0.3) is 0 Å². The van der Waals surface area contributed by atoms with Crippen LogP contribution in [-0.2, 0) is 6.54 Å². The summed E-state index contributed by atoms with van der Waals surface area (Å²) in [4.78, 5) is 16.3. The van der Waals surface area contributed by atoms with Crippen molar-refractivity contribution in [1.82, 2.24) is 10.2 Å². The van der Waals surface area contributed by atoms with Crippen LogP contribution >= 0.6 is 0 Å². The van der Waals surface area contributed by atoms with E-state index in [4.69, 9.17) is 0 Å². The standard InChI is InChI=1S/C17H25N3O/c1-18-15(13-7-3-4-8-13)12-20-16-10-6-5-9-14(16)11-19(2)17(20)21/h5-6,9-10,13,15,18H,3-4,7-8,11-12H2,1-2H3. The molecular formula is C17H25N3O. The van der Waals surface area contributed by atoms with Gasteiger partial charge in [0, 0.05) is 26.2 Å². The van der Waals surface area contributed by atoms with Crippen molar-refractivity contribution in [3.63, 3.8) is 0 Å². The highest BCUT2D eigenvalue weighted by atomic mass is 16.2. The van der Waals surface area contributed by atoms with E-state index in [-0.39, 0.29) is 6.03 Å². The molecule has 1 aliphatic heterocycles. The first-order valence-corrected chi connectivity index (χ1v) is 7.98. The molecule has 1 aliphatic carbocycles. The second-order valence-electron chi connectivity index (χ2n) is 6.32. The number of anilines is 1. The molecule has 4 heteroatoms. The van der Waals surface area contributed by atoms with E-state index >= 15 is 0 Å². The number of benzene rings is 1. The van der Waals surface area contributed by atoms with Crippen molar-refractivity contribution < 1.29 is 4.79 Å². The van der Waals surface area contributed by atoms with Crippen LogP contribution < -0.4 is 10.2 Å². The van der Waals surface area contributed by atoms with Crippen LogP contribution in [0.4, 0.5) is 10.5 Å². The summed E-state index contributed by atoms with van der Waals surface area (Å²) in [6.45, 7) is 1.47. The van der Waals surface area contributed by atoms with E-state index < -0.39 is 0 Å². The lowest BCUT2D eigenvalue weighted by Gasteiger charge is -2.38. The van der Waals surface area contributed by atoms with Crippen LogP contribution in [0.25, 0.3) is 0 Å². The zero-order chi connectivity index (χ0) is 14.8. The Morgan fingerprint density at radius 3 is 2.71 bits per heavy atom. The number of carbonyl (C=O) groups excluding carboxylic acids is 1. The second kappa shape index (κ2) is 6.06. The maximum absolute atomic E-state index is 12.6. The molecule has 3 rings (SSSR count). The molecule has 1 fully saturated rings. The van der Waals surface area contributed by atoms with Crippen molar-refractivity contribution in [3.8, 4) is 0 Å². The van der Waals surface area contributed by atoms with Gasteiger partial charge in [0.1, 0.15) is 0 Å². The number of nitrogens with zero attached hydrogens (tertiary/aromatic N) is 2. The third kappa shape index (κ3) is 2.77. The summed E-state index contributed by atoms with van der Waals surface area (Å²) in [5, 5.41) is 3.45. The van der Waals surface area contributed by atoms with Gasteiger partial charge in [-0.1, -0.05) is 31.0 Å². The molecule has 0 bridgehead atoms. The summed E-state index contributed by atoms with van der Waals surface area (Å²) in [6, 6.07) is 8.77. The maximum atomic E-state index is 12.6. The minimum Gasteiger partial charge on any atom is -0.323 e. The molecule has 2 aliphatic rings. The van der Waals surface area contributed by atoms with Crippen molar-refractivity contribution >= 4 is 11.7 Å². The molecule has 0 saturated heterocycles. The molecule has 1 heterocycles. The van der Waals surface area contributed by atoms with Crippen molar-refractivity contribution in [3.05, 3.63) is 29.8 Å². The van der Waals surface area contributed by atoms with Gasteiger partial charge in [-0.2, -0.15) is 0 Å². The molecule has 114 valence electrons. The third-order valence-electron chi connectivity index (χ3n) is 4.97. The number of fused-ring (bicyclic) bond motifs is 1. The quantitative estimate of drug-likeness (QED) is 0.924. The summed E-state index contributed by atoms with van der Waals surface area (Å²) < 4.78 is 0. The van der Waals surface area contributed by atoms with Crippen LogP contribution in [0.5, 0.6) is 0 Å². The fourth-order valence-corrected chi connectivity index (χ4v) is 3.75. The Bertz CT molecular complexity index is 511. The van der Waals surface area contributed by atoms with E-state index in [0.29, 0.717) is 18.5 Å². The highest BCUT2D eigenvalue weighted by Crippen LogP contribution is 2.31. The Kier molecular flexibility index (Phi) is 4.15. The average molecular weight is 287 g/mol. The van der Waals surface area contributed by atoms with Crippen molar-refractivity contribution in [2.24, 2.45) is 5.92 Å². The maximum Gasteiger partial charge on any atom is 0.324 e. The SMILES string of the molecule is CNC(CN1C(=O)N(C)Cc2ccccc21)C1CCCC1. The summed E-state index contributed by atoms with van der Waals surface area (Å²) in [6.07, 6.45) is 5.22. The van der Waals surface area contributed by atoms with Crippen molar-refractivity contribution in [1.29, 1.82) is 0 Å². The Morgan fingerprint density at radius 2 is 2.00 bits per heavy atom. The highest BCUT2D eigenvalue weighted by Gasteiger charge is 2.32. The van der Waals surface area contributed by atoms with Crippen LogP contribution in [0.1, 0.15) is 31.2 Å². The molecule has 1 atom stereocenters. The Hall–Kier alpha value is -1.55. The van der Waals surface area contributed by atoms with Crippen LogP contribution in [0.3, 0.4) is 0 Å². The van der Waals surface area contributed by atoms with E-state index in [2.05, 4.69) is 17.4 Å². The molecule has 1 aromatic carbocycles. The van der Waals surface area contributed by atoms with Crippen LogP contribution in [-0.4, -0.2) is 37.6 Å². The topological polar surface area (TPSA) is 35.6 Å². The zero-order valence-corrected chi connectivity index (χ0v) is 13.0. The molecule has 1 aromatic rings. The minimum absolute atomic E-state index is 0.118. The lowest BCUT2D eigenvalue weighted by molar-refractivity contribution is 0.208. The van der Waals surface area contributed by atoms with E-state index in [9.17, 15) is 4.79 Å². The van der Waals surface area contributed by atoms with Gasteiger partial charge in [-0.25, -0.2) is 4.79 Å². The fourth-order valence-electron chi connectivity index (χ4n) is 3.75. The van der Waals surface area contributed by atoms with E-state index in [0.717, 1.165) is 12.2 Å². The molecule has 0 aromatic heterocycles. The lowest BCUT2D eigenvalue weighted by atomic mass is 9.97. The first-order chi connectivity index (χ1) is 10.2. The first kappa shape index (κ1) is 14.4. The van der Waals surface area contributed by atoms with E-state index in [1.54, 1.807) is 0 Å². The fraction of sp³-hybridized carbons (Fsp3) is 0.588. The minimum atomic E-state index is 0.118. The number of amides is 2. The normalized spacial score (nSPS) is 20.8. The van der Waals surface area contributed by atoms with Crippen LogP contribution in [0.2, 0.25) is 0 Å². The zero-order valence-electron chi connectivity index (χ0n) is 13.0. The number of hydrogen-bond donors (Lipinski definition) is 1. The Balaban J connectivity index is 1.83. The molecule has 0 spiro atoms. The molecule has 4 nitrogen and oxygen atoms in total. The van der Waals surface area contributed by atoms with Gasteiger partial charge in [0.15, 0.2) is 0 Å². The lowest BCUT2D eigenvalue weighted by Crippen LogP contribution is -2.52. The molecular weight excluding hydrogens is 262 g/mol. The average Bonchev–Trinajstić information content (AvgIpc) is 3.02. The smallest absolute Gasteiger partial charge is 0.323 e. The largest absolute Gasteiger partial charge is 0.324 e. The van der Waals surface area contributed by atoms with Gasteiger partial charge < -0.3 is 10.2 Å². The number of hydrogen-bond acceptors (Lipinski definition) is 2. The number of para-hydroxylation sites is 1.